The van der Waals surface area contributed by atoms with Crippen LogP contribution in [0, 0.1) is 0 Å². The minimum atomic E-state index is -0.902. The second-order valence-electron chi connectivity index (χ2n) is 5.35. The van der Waals surface area contributed by atoms with Gasteiger partial charge in [0.1, 0.15) is 0 Å². The maximum Gasteiger partial charge on any atom is 0.407 e. The van der Waals surface area contributed by atoms with Gasteiger partial charge in [-0.3, -0.25) is 4.79 Å². The topological polar surface area (TPSA) is 95.7 Å². The zero-order valence-corrected chi connectivity index (χ0v) is 11.9. The van der Waals surface area contributed by atoms with Crippen molar-refractivity contribution in [3.05, 3.63) is 35.9 Å². The molecule has 1 aromatic carbocycles. The summed E-state index contributed by atoms with van der Waals surface area (Å²) in [6, 6.07) is 9.07. The van der Waals surface area contributed by atoms with Crippen LogP contribution in [0.3, 0.4) is 0 Å². The average Bonchev–Trinajstić information content (AvgIpc) is 2.48. The summed E-state index contributed by atoms with van der Waals surface area (Å²) in [5, 5.41) is 11.8. The van der Waals surface area contributed by atoms with Gasteiger partial charge < -0.3 is 21.1 Å². The van der Waals surface area contributed by atoms with Crippen LogP contribution >= 0.6 is 0 Å². The third-order valence-corrected chi connectivity index (χ3v) is 3.75. The molecule has 0 aliphatic carbocycles. The van der Waals surface area contributed by atoms with Crippen molar-refractivity contribution in [2.45, 2.75) is 31.3 Å². The van der Waals surface area contributed by atoms with Crippen LogP contribution in [0.2, 0.25) is 0 Å². The Morgan fingerprint density at radius 1 is 1.29 bits per heavy atom. The van der Waals surface area contributed by atoms with Crippen LogP contribution in [0.25, 0.3) is 0 Å². The third-order valence-electron chi connectivity index (χ3n) is 3.75. The van der Waals surface area contributed by atoms with Crippen molar-refractivity contribution in [3.63, 3.8) is 0 Å². The van der Waals surface area contributed by atoms with Gasteiger partial charge in [0.25, 0.3) is 0 Å². The van der Waals surface area contributed by atoms with E-state index in [4.69, 9.17) is 10.8 Å². The van der Waals surface area contributed by atoms with Crippen LogP contribution in [0.15, 0.2) is 30.3 Å². The fraction of sp³-hybridized carbons (Fsp3) is 0.467. The summed E-state index contributed by atoms with van der Waals surface area (Å²) in [6.45, 7) is 0.905. The largest absolute Gasteiger partial charge is 0.465 e. The van der Waals surface area contributed by atoms with E-state index in [0.717, 1.165) is 5.56 Å². The summed E-state index contributed by atoms with van der Waals surface area (Å²) < 4.78 is 0. The fourth-order valence-electron chi connectivity index (χ4n) is 2.48. The number of likely N-dealkylation sites (tertiary alicyclic amines) is 1. The molecule has 1 fully saturated rings. The van der Waals surface area contributed by atoms with Gasteiger partial charge in [-0.05, 0) is 24.8 Å². The Hall–Kier alpha value is -2.08. The Morgan fingerprint density at radius 2 is 1.90 bits per heavy atom. The highest BCUT2D eigenvalue weighted by Crippen LogP contribution is 2.11. The first-order valence-electron chi connectivity index (χ1n) is 7.14. The van der Waals surface area contributed by atoms with Gasteiger partial charge in [-0.1, -0.05) is 30.3 Å². The summed E-state index contributed by atoms with van der Waals surface area (Å²) in [4.78, 5) is 24.2. The number of rotatable bonds is 4. The van der Waals surface area contributed by atoms with E-state index in [2.05, 4.69) is 5.32 Å². The Kier molecular flexibility index (Phi) is 5.16. The molecular formula is C15H21N3O3. The molecule has 0 radical (unpaired) electrons. The minimum Gasteiger partial charge on any atom is -0.465 e. The Morgan fingerprint density at radius 3 is 2.48 bits per heavy atom. The average molecular weight is 291 g/mol. The van der Waals surface area contributed by atoms with Gasteiger partial charge in [0, 0.05) is 19.1 Å². The molecule has 0 saturated carbocycles. The number of nitrogens with two attached hydrogens (primary N) is 1. The second kappa shape index (κ2) is 7.08. The first-order chi connectivity index (χ1) is 10.1. The van der Waals surface area contributed by atoms with E-state index in [9.17, 15) is 9.59 Å². The lowest BCUT2D eigenvalue weighted by atomic mass is 10.0. The zero-order valence-electron chi connectivity index (χ0n) is 11.9. The number of carbonyl (C=O) groups is 2. The van der Waals surface area contributed by atoms with Crippen molar-refractivity contribution < 1.29 is 14.7 Å². The SMILES string of the molecule is N[C@H](Cc1ccccc1)C(=O)NC1CCN(C(=O)O)CC1. The number of carboxylic acid groups (broad SMARTS) is 1. The molecule has 0 spiro atoms. The van der Waals surface area contributed by atoms with Crippen molar-refractivity contribution >= 4 is 12.0 Å². The maximum absolute atomic E-state index is 12.1. The second-order valence-corrected chi connectivity index (χ2v) is 5.35. The fourth-order valence-corrected chi connectivity index (χ4v) is 2.48. The number of benzene rings is 1. The summed E-state index contributed by atoms with van der Waals surface area (Å²) in [7, 11) is 0. The van der Waals surface area contributed by atoms with E-state index < -0.39 is 12.1 Å². The van der Waals surface area contributed by atoms with E-state index in [1.807, 2.05) is 30.3 Å². The first kappa shape index (κ1) is 15.3. The number of piperidine rings is 1. The molecule has 1 heterocycles. The third kappa shape index (κ3) is 4.46. The summed E-state index contributed by atoms with van der Waals surface area (Å²) >= 11 is 0. The number of amides is 2. The summed E-state index contributed by atoms with van der Waals surface area (Å²) in [5.74, 6) is -0.173. The van der Waals surface area contributed by atoms with Gasteiger partial charge in [0.05, 0.1) is 6.04 Å². The predicted molar refractivity (Wildman–Crippen MR) is 78.9 cm³/mol. The molecule has 0 aromatic heterocycles. The molecule has 1 aliphatic heterocycles. The van der Waals surface area contributed by atoms with Gasteiger partial charge in [-0.2, -0.15) is 0 Å². The number of carbonyl (C=O) groups excluding carboxylic acids is 1. The number of nitrogens with one attached hydrogen (secondary N) is 1. The zero-order chi connectivity index (χ0) is 15.2. The lowest BCUT2D eigenvalue weighted by Gasteiger charge is -2.31. The van der Waals surface area contributed by atoms with Crippen LogP contribution in [0.4, 0.5) is 4.79 Å². The molecule has 0 bridgehead atoms. The lowest BCUT2D eigenvalue weighted by Crippen LogP contribution is -2.50. The van der Waals surface area contributed by atoms with Gasteiger partial charge in [-0.15, -0.1) is 0 Å². The molecule has 114 valence electrons. The molecule has 2 rings (SSSR count). The Balaban J connectivity index is 1.78. The van der Waals surface area contributed by atoms with Crippen LogP contribution in [0.1, 0.15) is 18.4 Å². The highest BCUT2D eigenvalue weighted by molar-refractivity contribution is 5.82. The van der Waals surface area contributed by atoms with Gasteiger partial charge in [-0.25, -0.2) is 4.79 Å². The molecule has 1 atom stereocenters. The first-order valence-corrected chi connectivity index (χ1v) is 7.14. The van der Waals surface area contributed by atoms with Crippen LogP contribution in [-0.2, 0) is 11.2 Å². The highest BCUT2D eigenvalue weighted by atomic mass is 16.4. The van der Waals surface area contributed by atoms with E-state index in [1.54, 1.807) is 0 Å². The van der Waals surface area contributed by atoms with Crippen molar-refractivity contribution in [2.75, 3.05) is 13.1 Å². The monoisotopic (exact) mass is 291 g/mol. The van der Waals surface area contributed by atoms with E-state index in [-0.39, 0.29) is 11.9 Å². The Labute approximate surface area is 123 Å². The van der Waals surface area contributed by atoms with Gasteiger partial charge in [0.2, 0.25) is 5.91 Å². The molecular weight excluding hydrogens is 270 g/mol. The van der Waals surface area contributed by atoms with Gasteiger partial charge in [0.15, 0.2) is 0 Å². The van der Waals surface area contributed by atoms with Crippen molar-refractivity contribution in [3.8, 4) is 0 Å². The molecule has 6 heteroatoms. The Bertz CT molecular complexity index is 484. The van der Waals surface area contributed by atoms with Crippen molar-refractivity contribution in [2.24, 2.45) is 5.73 Å². The number of hydrogen-bond acceptors (Lipinski definition) is 3. The number of nitrogens with zero attached hydrogens (tertiary/aromatic N) is 1. The summed E-state index contributed by atoms with van der Waals surface area (Å²) in [6.07, 6.45) is 0.868. The van der Waals surface area contributed by atoms with Crippen LogP contribution < -0.4 is 11.1 Å². The molecule has 2 amide bonds. The van der Waals surface area contributed by atoms with Crippen LogP contribution in [0.5, 0.6) is 0 Å². The molecule has 4 N–H and O–H groups in total. The van der Waals surface area contributed by atoms with Crippen LogP contribution in [-0.4, -0.2) is 47.2 Å². The molecule has 21 heavy (non-hydrogen) atoms. The van der Waals surface area contributed by atoms with E-state index in [1.165, 1.54) is 4.90 Å². The molecule has 0 unspecified atom stereocenters. The van der Waals surface area contributed by atoms with Crippen molar-refractivity contribution in [1.29, 1.82) is 0 Å². The lowest BCUT2D eigenvalue weighted by molar-refractivity contribution is -0.123. The smallest absolute Gasteiger partial charge is 0.407 e. The quantitative estimate of drug-likeness (QED) is 0.765. The molecule has 6 nitrogen and oxygen atoms in total. The van der Waals surface area contributed by atoms with E-state index in [0.29, 0.717) is 32.4 Å². The standard InChI is InChI=1S/C15H21N3O3/c16-13(10-11-4-2-1-3-5-11)14(19)17-12-6-8-18(9-7-12)15(20)21/h1-5,12-13H,6-10,16H2,(H,17,19)(H,20,21)/t13-/m1/s1. The maximum atomic E-state index is 12.1. The molecule has 1 saturated heterocycles. The van der Waals surface area contributed by atoms with Gasteiger partial charge >= 0.3 is 6.09 Å². The predicted octanol–water partition coefficient (Wildman–Crippen LogP) is 0.815. The van der Waals surface area contributed by atoms with Crippen molar-refractivity contribution in [1.82, 2.24) is 10.2 Å². The molecule has 1 aliphatic rings. The molecule has 1 aromatic rings. The van der Waals surface area contributed by atoms with E-state index >= 15 is 0 Å². The summed E-state index contributed by atoms with van der Waals surface area (Å²) in [5.41, 5.74) is 6.95. The normalized spacial score (nSPS) is 17.3. The minimum absolute atomic E-state index is 0.00919. The number of hydrogen-bond donors (Lipinski definition) is 3. The highest BCUT2D eigenvalue weighted by Gasteiger charge is 2.25.